The Balaban J connectivity index is 2.24. The molecule has 0 bridgehead atoms. The first kappa shape index (κ1) is 16.7. The van der Waals surface area contributed by atoms with Crippen LogP contribution in [-0.2, 0) is 6.54 Å². The van der Waals surface area contributed by atoms with Crippen LogP contribution in [0.1, 0.15) is 28.8 Å². The molecule has 0 aliphatic heterocycles. The molecule has 23 heavy (non-hydrogen) atoms. The van der Waals surface area contributed by atoms with Crippen molar-refractivity contribution in [3.05, 3.63) is 66.1 Å². The molecule has 0 aliphatic rings. The van der Waals surface area contributed by atoms with Crippen molar-refractivity contribution in [2.24, 2.45) is 0 Å². The summed E-state index contributed by atoms with van der Waals surface area (Å²) in [5, 5.41) is 2.74. The molecule has 0 unspecified atom stereocenters. The minimum Gasteiger partial charge on any atom is -0.352 e. The van der Waals surface area contributed by atoms with Gasteiger partial charge in [0.25, 0.3) is 5.91 Å². The third kappa shape index (κ3) is 4.64. The molecule has 0 saturated carbocycles. The third-order valence-electron chi connectivity index (χ3n) is 3.39. The van der Waals surface area contributed by atoms with Crippen molar-refractivity contribution in [3.63, 3.8) is 0 Å². The number of benzene rings is 1. The highest BCUT2D eigenvalue weighted by molar-refractivity contribution is 5.93. The van der Waals surface area contributed by atoms with Gasteiger partial charge in [-0.25, -0.2) is 9.97 Å². The second kappa shape index (κ2) is 8.08. The summed E-state index contributed by atoms with van der Waals surface area (Å²) >= 11 is 0. The molecule has 1 aromatic heterocycles. The number of carbonyl (C=O) groups excluding carboxylic acids is 1. The van der Waals surface area contributed by atoms with Crippen molar-refractivity contribution in [2.75, 3.05) is 18.0 Å². The lowest BCUT2D eigenvalue weighted by Crippen LogP contribution is -2.27. The number of hydrogen-bond donors (Lipinski definition) is 1. The second-order valence-corrected chi connectivity index (χ2v) is 5.16. The predicted octanol–water partition coefficient (Wildman–Crippen LogP) is 2.73. The van der Waals surface area contributed by atoms with Crippen molar-refractivity contribution in [3.8, 4) is 0 Å². The largest absolute Gasteiger partial charge is 0.352 e. The van der Waals surface area contributed by atoms with Gasteiger partial charge in [-0.1, -0.05) is 36.4 Å². The van der Waals surface area contributed by atoms with Gasteiger partial charge in [0.15, 0.2) is 0 Å². The average molecular weight is 310 g/mol. The van der Waals surface area contributed by atoms with E-state index in [0.29, 0.717) is 18.1 Å². The maximum atomic E-state index is 12.1. The van der Waals surface area contributed by atoms with E-state index >= 15 is 0 Å². The molecule has 0 radical (unpaired) electrons. The number of amides is 1. The Kier molecular flexibility index (Phi) is 5.86. The molecule has 5 nitrogen and oxygen atoms in total. The number of aryl methyl sites for hydroxylation is 1. The van der Waals surface area contributed by atoms with Crippen molar-refractivity contribution >= 4 is 11.7 Å². The van der Waals surface area contributed by atoms with Gasteiger partial charge in [0.05, 0.1) is 0 Å². The fraction of sp³-hybridized carbons (Fsp3) is 0.278. The highest BCUT2D eigenvalue weighted by atomic mass is 16.1. The Morgan fingerprint density at radius 3 is 2.70 bits per heavy atom. The first-order chi connectivity index (χ1) is 11.1. The van der Waals surface area contributed by atoms with Crippen LogP contribution in [-0.4, -0.2) is 29.0 Å². The molecule has 2 aromatic rings. The fourth-order valence-electron chi connectivity index (χ4n) is 2.24. The van der Waals surface area contributed by atoms with Crippen molar-refractivity contribution < 1.29 is 4.79 Å². The van der Waals surface area contributed by atoms with Gasteiger partial charge in [-0.3, -0.25) is 4.79 Å². The van der Waals surface area contributed by atoms with Crippen LogP contribution < -0.4 is 10.2 Å². The van der Waals surface area contributed by atoms with Crippen LogP contribution in [0.25, 0.3) is 0 Å². The molecule has 2 rings (SSSR count). The Labute approximate surface area is 137 Å². The zero-order valence-corrected chi connectivity index (χ0v) is 13.6. The molecule has 0 aliphatic carbocycles. The summed E-state index contributed by atoms with van der Waals surface area (Å²) in [6.07, 6.45) is 1.64. The van der Waals surface area contributed by atoms with Gasteiger partial charge < -0.3 is 10.2 Å². The van der Waals surface area contributed by atoms with Gasteiger partial charge in [-0.05, 0) is 19.4 Å². The van der Waals surface area contributed by atoms with E-state index in [-0.39, 0.29) is 5.91 Å². The summed E-state index contributed by atoms with van der Waals surface area (Å²) in [5.74, 6) is 1.12. The molecular formula is C18H22N4O. The second-order valence-electron chi connectivity index (χ2n) is 5.16. The van der Waals surface area contributed by atoms with Gasteiger partial charge in [0.2, 0.25) is 0 Å². The van der Waals surface area contributed by atoms with Gasteiger partial charge in [-0.15, -0.1) is 6.58 Å². The zero-order chi connectivity index (χ0) is 16.7. The summed E-state index contributed by atoms with van der Waals surface area (Å²) in [4.78, 5) is 22.9. The topological polar surface area (TPSA) is 58.1 Å². The van der Waals surface area contributed by atoms with Crippen LogP contribution in [0.4, 0.5) is 5.82 Å². The van der Waals surface area contributed by atoms with E-state index in [1.807, 2.05) is 18.2 Å². The molecule has 0 fully saturated rings. The highest BCUT2D eigenvalue weighted by Crippen LogP contribution is 2.16. The lowest BCUT2D eigenvalue weighted by molar-refractivity contribution is 0.0952. The average Bonchev–Trinajstić information content (AvgIpc) is 2.57. The molecule has 120 valence electrons. The number of rotatable bonds is 7. The van der Waals surface area contributed by atoms with E-state index in [1.54, 1.807) is 19.1 Å². The van der Waals surface area contributed by atoms with Crippen molar-refractivity contribution in [2.45, 2.75) is 20.4 Å². The van der Waals surface area contributed by atoms with E-state index in [4.69, 9.17) is 0 Å². The summed E-state index contributed by atoms with van der Waals surface area (Å²) < 4.78 is 0. The quantitative estimate of drug-likeness (QED) is 0.799. The number of nitrogens with zero attached hydrogens (tertiary/aromatic N) is 3. The maximum absolute atomic E-state index is 12.1. The van der Waals surface area contributed by atoms with Crippen LogP contribution >= 0.6 is 0 Å². The number of carbonyl (C=O) groups is 1. The summed E-state index contributed by atoms with van der Waals surface area (Å²) in [6, 6.07) is 11.9. The molecule has 5 heteroatoms. The van der Waals surface area contributed by atoms with Crippen LogP contribution in [0.15, 0.2) is 49.1 Å². The van der Waals surface area contributed by atoms with E-state index in [2.05, 4.69) is 45.8 Å². The van der Waals surface area contributed by atoms with E-state index in [9.17, 15) is 4.79 Å². The van der Waals surface area contributed by atoms with Crippen molar-refractivity contribution in [1.29, 1.82) is 0 Å². The lowest BCUT2D eigenvalue weighted by atomic mass is 10.2. The molecule has 1 heterocycles. The zero-order valence-electron chi connectivity index (χ0n) is 13.6. The molecule has 0 spiro atoms. The summed E-state index contributed by atoms with van der Waals surface area (Å²) in [7, 11) is 0. The SMILES string of the molecule is C=CCNC(=O)c1cc(N(CC)Cc2ccccc2)nc(C)n1. The summed E-state index contributed by atoms with van der Waals surface area (Å²) in [6.45, 7) is 9.40. The Hall–Kier alpha value is -2.69. The van der Waals surface area contributed by atoms with Crippen molar-refractivity contribution in [1.82, 2.24) is 15.3 Å². The van der Waals surface area contributed by atoms with E-state index in [1.165, 1.54) is 5.56 Å². The number of nitrogens with one attached hydrogen (secondary N) is 1. The molecule has 0 saturated heterocycles. The molecule has 0 atom stereocenters. The monoisotopic (exact) mass is 310 g/mol. The van der Waals surface area contributed by atoms with E-state index < -0.39 is 0 Å². The lowest BCUT2D eigenvalue weighted by Gasteiger charge is -2.22. The van der Waals surface area contributed by atoms with Crippen LogP contribution in [0.3, 0.4) is 0 Å². The Morgan fingerprint density at radius 2 is 2.04 bits per heavy atom. The van der Waals surface area contributed by atoms with Gasteiger partial charge in [0, 0.05) is 25.7 Å². The first-order valence-corrected chi connectivity index (χ1v) is 7.67. The Bertz CT molecular complexity index is 670. The highest BCUT2D eigenvalue weighted by Gasteiger charge is 2.13. The summed E-state index contributed by atoms with van der Waals surface area (Å²) in [5.41, 5.74) is 1.57. The number of hydrogen-bond acceptors (Lipinski definition) is 4. The molecule has 1 N–H and O–H groups in total. The first-order valence-electron chi connectivity index (χ1n) is 7.67. The van der Waals surface area contributed by atoms with Crippen LogP contribution in [0.5, 0.6) is 0 Å². The minimum absolute atomic E-state index is 0.215. The van der Waals surface area contributed by atoms with Gasteiger partial charge in [0.1, 0.15) is 17.3 Å². The molecule has 1 amide bonds. The normalized spacial score (nSPS) is 10.2. The standard InChI is InChI=1S/C18H22N4O/c1-4-11-19-18(23)16-12-17(21-14(3)20-16)22(5-2)13-15-9-7-6-8-10-15/h4,6-10,12H,1,5,11,13H2,2-3H3,(H,19,23). The third-order valence-corrected chi connectivity index (χ3v) is 3.39. The van der Waals surface area contributed by atoms with Gasteiger partial charge >= 0.3 is 0 Å². The molecule has 1 aromatic carbocycles. The van der Waals surface area contributed by atoms with Gasteiger partial charge in [-0.2, -0.15) is 0 Å². The van der Waals surface area contributed by atoms with Crippen LogP contribution in [0.2, 0.25) is 0 Å². The maximum Gasteiger partial charge on any atom is 0.270 e. The van der Waals surface area contributed by atoms with Crippen LogP contribution in [0, 0.1) is 6.92 Å². The minimum atomic E-state index is -0.215. The Morgan fingerprint density at radius 1 is 1.30 bits per heavy atom. The van der Waals surface area contributed by atoms with E-state index in [0.717, 1.165) is 18.9 Å². The fourth-order valence-corrected chi connectivity index (χ4v) is 2.24. The predicted molar refractivity (Wildman–Crippen MR) is 92.5 cm³/mol. The smallest absolute Gasteiger partial charge is 0.270 e. The number of anilines is 1. The molecular weight excluding hydrogens is 288 g/mol. The number of aromatic nitrogens is 2.